The summed E-state index contributed by atoms with van der Waals surface area (Å²) < 4.78 is 11.6. The first-order valence-electron chi connectivity index (χ1n) is 5.64. The average molecular weight is 204 g/mol. The van der Waals surface area contributed by atoms with Gasteiger partial charge in [0.25, 0.3) is 0 Å². The minimum Gasteiger partial charge on any atom is -0.486 e. The van der Waals surface area contributed by atoms with Crippen molar-refractivity contribution >= 4 is 0 Å². The van der Waals surface area contributed by atoms with Gasteiger partial charge in [-0.2, -0.15) is 0 Å². The minimum absolute atomic E-state index is 0.0483. The van der Waals surface area contributed by atoms with Crippen LogP contribution in [-0.4, -0.2) is 18.8 Å². The molecule has 1 aromatic carbocycles. The van der Waals surface area contributed by atoms with Gasteiger partial charge >= 0.3 is 0 Å². The highest BCUT2D eigenvalue weighted by Crippen LogP contribution is 2.42. The van der Waals surface area contributed by atoms with Crippen LogP contribution in [0.1, 0.15) is 24.0 Å². The third-order valence-corrected chi connectivity index (χ3v) is 3.53. The molecule has 2 heteroatoms. The van der Waals surface area contributed by atoms with E-state index in [9.17, 15) is 0 Å². The van der Waals surface area contributed by atoms with Crippen molar-refractivity contribution in [2.75, 3.05) is 13.2 Å². The fourth-order valence-electron chi connectivity index (χ4n) is 2.62. The van der Waals surface area contributed by atoms with E-state index in [0.29, 0.717) is 0 Å². The molecule has 2 nitrogen and oxygen atoms in total. The van der Waals surface area contributed by atoms with Gasteiger partial charge in [0.1, 0.15) is 11.4 Å². The summed E-state index contributed by atoms with van der Waals surface area (Å²) in [4.78, 5) is 0. The van der Waals surface area contributed by atoms with Gasteiger partial charge in [-0.1, -0.05) is 18.2 Å². The molecule has 0 aromatic heterocycles. The van der Waals surface area contributed by atoms with E-state index in [4.69, 9.17) is 9.47 Å². The Morgan fingerprint density at radius 1 is 1.20 bits per heavy atom. The van der Waals surface area contributed by atoms with E-state index in [1.165, 1.54) is 11.1 Å². The van der Waals surface area contributed by atoms with Gasteiger partial charge in [-0.25, -0.2) is 0 Å². The lowest BCUT2D eigenvalue weighted by molar-refractivity contribution is -0.0332. The molecule has 0 unspecified atom stereocenters. The van der Waals surface area contributed by atoms with Crippen LogP contribution in [0.25, 0.3) is 0 Å². The van der Waals surface area contributed by atoms with Crippen molar-refractivity contribution in [2.24, 2.45) is 0 Å². The molecular weight excluding hydrogens is 188 g/mol. The largest absolute Gasteiger partial charge is 0.486 e. The highest BCUT2D eigenvalue weighted by molar-refractivity contribution is 5.45. The molecule has 1 spiro atoms. The van der Waals surface area contributed by atoms with Gasteiger partial charge in [0.05, 0.1) is 13.2 Å². The van der Waals surface area contributed by atoms with Gasteiger partial charge in [-0.15, -0.1) is 0 Å². The quantitative estimate of drug-likeness (QED) is 0.646. The van der Waals surface area contributed by atoms with Gasteiger partial charge in [0.2, 0.25) is 0 Å². The Morgan fingerprint density at radius 2 is 2.00 bits per heavy atom. The normalized spacial score (nSPS) is 22.5. The number of benzene rings is 1. The zero-order valence-corrected chi connectivity index (χ0v) is 9.08. The summed E-state index contributed by atoms with van der Waals surface area (Å²) in [6.45, 7) is 3.80. The molecule has 0 bridgehead atoms. The lowest BCUT2D eigenvalue weighted by Gasteiger charge is -2.32. The number of rotatable bonds is 0. The average Bonchev–Trinajstić information content (AvgIpc) is 2.59. The summed E-state index contributed by atoms with van der Waals surface area (Å²) >= 11 is 0. The number of hydrogen-bond donors (Lipinski definition) is 0. The van der Waals surface area contributed by atoms with Gasteiger partial charge in [0, 0.05) is 19.3 Å². The number of hydrogen-bond acceptors (Lipinski definition) is 2. The van der Waals surface area contributed by atoms with Crippen LogP contribution < -0.4 is 4.74 Å². The standard InChI is InChI=1S/C13H16O2/c1-10-3-2-4-11-9-13(15-12(10)11)5-7-14-8-6-13/h2-4H,5-9H2,1H3. The molecular formula is C13H16O2. The Hall–Kier alpha value is -1.02. The number of aryl methyl sites for hydroxylation is 1. The fraction of sp³-hybridized carbons (Fsp3) is 0.538. The Kier molecular flexibility index (Phi) is 1.99. The summed E-state index contributed by atoms with van der Waals surface area (Å²) in [7, 11) is 0. The van der Waals surface area contributed by atoms with Crippen molar-refractivity contribution in [1.82, 2.24) is 0 Å². The smallest absolute Gasteiger partial charge is 0.126 e. The molecule has 0 radical (unpaired) electrons. The van der Waals surface area contributed by atoms with Crippen LogP contribution in [0.4, 0.5) is 0 Å². The van der Waals surface area contributed by atoms with E-state index < -0.39 is 0 Å². The zero-order valence-electron chi connectivity index (χ0n) is 9.08. The first kappa shape index (κ1) is 9.22. The lowest BCUT2D eigenvalue weighted by Crippen LogP contribution is -2.40. The summed E-state index contributed by atoms with van der Waals surface area (Å²) in [6.07, 6.45) is 3.12. The maximum atomic E-state index is 6.19. The van der Waals surface area contributed by atoms with E-state index in [1.807, 2.05) is 0 Å². The van der Waals surface area contributed by atoms with Crippen molar-refractivity contribution in [3.63, 3.8) is 0 Å². The van der Waals surface area contributed by atoms with Gasteiger partial charge < -0.3 is 9.47 Å². The molecule has 2 aliphatic rings. The first-order valence-corrected chi connectivity index (χ1v) is 5.64. The molecule has 2 heterocycles. The monoisotopic (exact) mass is 204 g/mol. The maximum Gasteiger partial charge on any atom is 0.126 e. The molecule has 80 valence electrons. The first-order chi connectivity index (χ1) is 7.29. The van der Waals surface area contributed by atoms with Gasteiger partial charge in [-0.05, 0) is 18.1 Å². The number of fused-ring (bicyclic) bond motifs is 1. The molecule has 0 N–H and O–H groups in total. The van der Waals surface area contributed by atoms with Crippen molar-refractivity contribution in [2.45, 2.75) is 31.8 Å². The van der Waals surface area contributed by atoms with E-state index in [-0.39, 0.29) is 5.60 Å². The summed E-state index contributed by atoms with van der Waals surface area (Å²) in [5.41, 5.74) is 2.68. The van der Waals surface area contributed by atoms with Crippen LogP contribution in [0.3, 0.4) is 0 Å². The SMILES string of the molecule is Cc1cccc2c1OC1(CCOCC1)C2. The number of para-hydroxylation sites is 1. The third-order valence-electron chi connectivity index (χ3n) is 3.53. The van der Waals surface area contributed by atoms with E-state index in [2.05, 4.69) is 25.1 Å². The predicted octanol–water partition coefficient (Wildman–Crippen LogP) is 2.48. The van der Waals surface area contributed by atoms with Gasteiger partial charge in [0.15, 0.2) is 0 Å². The highest BCUT2D eigenvalue weighted by Gasteiger charge is 2.41. The second-order valence-corrected chi connectivity index (χ2v) is 4.64. The molecule has 0 saturated carbocycles. The van der Waals surface area contributed by atoms with Crippen LogP contribution in [0, 0.1) is 6.92 Å². The van der Waals surface area contributed by atoms with E-state index >= 15 is 0 Å². The molecule has 0 atom stereocenters. The molecule has 1 fully saturated rings. The van der Waals surface area contributed by atoms with Crippen LogP contribution >= 0.6 is 0 Å². The van der Waals surface area contributed by atoms with E-state index in [1.54, 1.807) is 0 Å². The zero-order chi connectivity index (χ0) is 10.3. The fourth-order valence-corrected chi connectivity index (χ4v) is 2.62. The Morgan fingerprint density at radius 3 is 2.73 bits per heavy atom. The van der Waals surface area contributed by atoms with Crippen LogP contribution in [-0.2, 0) is 11.2 Å². The molecule has 0 amide bonds. The molecule has 0 aliphatic carbocycles. The van der Waals surface area contributed by atoms with Crippen molar-refractivity contribution in [3.05, 3.63) is 29.3 Å². The van der Waals surface area contributed by atoms with Crippen molar-refractivity contribution in [3.8, 4) is 5.75 Å². The van der Waals surface area contributed by atoms with Crippen molar-refractivity contribution in [1.29, 1.82) is 0 Å². The summed E-state index contributed by atoms with van der Waals surface area (Å²) in [5, 5.41) is 0. The molecule has 1 saturated heterocycles. The molecule has 3 rings (SSSR count). The number of ether oxygens (including phenoxy) is 2. The minimum atomic E-state index is 0.0483. The molecule has 15 heavy (non-hydrogen) atoms. The third kappa shape index (κ3) is 1.44. The van der Waals surface area contributed by atoms with E-state index in [0.717, 1.165) is 38.2 Å². The Labute approximate surface area is 90.2 Å². The second-order valence-electron chi connectivity index (χ2n) is 4.64. The lowest BCUT2D eigenvalue weighted by atomic mass is 9.89. The van der Waals surface area contributed by atoms with Crippen LogP contribution in [0.5, 0.6) is 5.75 Å². The Bertz CT molecular complexity index is 378. The maximum absolute atomic E-state index is 6.19. The molecule has 2 aliphatic heterocycles. The van der Waals surface area contributed by atoms with Gasteiger partial charge in [-0.3, -0.25) is 0 Å². The van der Waals surface area contributed by atoms with Crippen LogP contribution in [0.15, 0.2) is 18.2 Å². The Balaban J connectivity index is 1.94. The van der Waals surface area contributed by atoms with Crippen LogP contribution in [0.2, 0.25) is 0 Å². The predicted molar refractivity (Wildman–Crippen MR) is 58.3 cm³/mol. The topological polar surface area (TPSA) is 18.5 Å². The highest BCUT2D eigenvalue weighted by atomic mass is 16.5. The summed E-state index contributed by atoms with van der Waals surface area (Å²) in [5.74, 6) is 1.12. The summed E-state index contributed by atoms with van der Waals surface area (Å²) in [6, 6.07) is 6.43. The van der Waals surface area contributed by atoms with Crippen molar-refractivity contribution < 1.29 is 9.47 Å². The molecule has 1 aromatic rings. The second kappa shape index (κ2) is 3.24.